The first-order valence-corrected chi connectivity index (χ1v) is 11.4. The molecule has 2 heterocycles. The molecule has 6 nitrogen and oxygen atoms in total. The van der Waals surface area contributed by atoms with E-state index in [9.17, 15) is 9.59 Å². The van der Waals surface area contributed by atoms with Gasteiger partial charge in [-0.15, -0.1) is 0 Å². The maximum atomic E-state index is 9.55. The van der Waals surface area contributed by atoms with Gasteiger partial charge in [0.2, 0.25) is 0 Å². The zero-order chi connectivity index (χ0) is 18.3. The van der Waals surface area contributed by atoms with Crippen LogP contribution in [-0.2, 0) is 9.59 Å². The van der Waals surface area contributed by atoms with Gasteiger partial charge in [0.25, 0.3) is 0 Å². The first-order chi connectivity index (χ1) is 11.1. The van der Waals surface area contributed by atoms with Gasteiger partial charge in [-0.2, -0.15) is 0 Å². The Bertz CT molecular complexity index is 595. The first-order valence-electron chi connectivity index (χ1n) is 7.91. The van der Waals surface area contributed by atoms with Gasteiger partial charge in [-0.1, -0.05) is 25.7 Å². The summed E-state index contributed by atoms with van der Waals surface area (Å²) < 4.78 is 0. The van der Waals surface area contributed by atoms with E-state index in [1.54, 1.807) is 0 Å². The van der Waals surface area contributed by atoms with Gasteiger partial charge in [-0.25, -0.2) is 9.59 Å². The van der Waals surface area contributed by atoms with Crippen molar-refractivity contribution in [3.05, 3.63) is 36.2 Å². The summed E-state index contributed by atoms with van der Waals surface area (Å²) in [5, 5.41) is 17.1. The Balaban J connectivity index is 0.000000307. The van der Waals surface area contributed by atoms with Gasteiger partial charge in [-0.3, -0.25) is 9.88 Å². The molecule has 0 amide bonds. The summed E-state index contributed by atoms with van der Waals surface area (Å²) in [6.45, 7) is 8.37. The minimum atomic E-state index is -1.26. The van der Waals surface area contributed by atoms with Crippen LogP contribution in [0.2, 0.25) is 19.6 Å². The zero-order valence-electron chi connectivity index (χ0n) is 14.7. The summed E-state index contributed by atoms with van der Waals surface area (Å²) in [5.41, 5.74) is 1.42. The van der Waals surface area contributed by atoms with Crippen LogP contribution in [0.4, 0.5) is 0 Å². The molecule has 0 aliphatic carbocycles. The number of carboxylic acids is 2. The Morgan fingerprint density at radius 3 is 2.21 bits per heavy atom. The molecule has 1 fully saturated rings. The van der Waals surface area contributed by atoms with E-state index in [1.807, 2.05) is 0 Å². The molecule has 1 saturated heterocycles. The van der Waals surface area contributed by atoms with Crippen molar-refractivity contribution in [2.24, 2.45) is 0 Å². The van der Waals surface area contributed by atoms with Crippen molar-refractivity contribution in [2.75, 3.05) is 13.6 Å². The molecule has 0 bridgehead atoms. The van der Waals surface area contributed by atoms with E-state index < -0.39 is 20.0 Å². The van der Waals surface area contributed by atoms with Gasteiger partial charge >= 0.3 is 11.9 Å². The largest absolute Gasteiger partial charge is 0.478 e. The number of nitrogens with zero attached hydrogens (tertiary/aromatic N) is 2. The lowest BCUT2D eigenvalue weighted by Gasteiger charge is -2.22. The molecule has 1 aromatic heterocycles. The van der Waals surface area contributed by atoms with E-state index in [-0.39, 0.29) is 0 Å². The number of hydrogen-bond donors (Lipinski definition) is 2. The number of carbonyl (C=O) groups is 2. The third kappa shape index (κ3) is 6.63. The topological polar surface area (TPSA) is 90.7 Å². The minimum absolute atomic E-state index is 0.558. The molecule has 2 rings (SSSR count). The number of hydrogen-bond acceptors (Lipinski definition) is 4. The second-order valence-electron chi connectivity index (χ2n) is 6.91. The Hall–Kier alpha value is -1.99. The molecule has 1 aliphatic heterocycles. The van der Waals surface area contributed by atoms with Gasteiger partial charge in [-0.05, 0) is 37.2 Å². The molecule has 0 aromatic carbocycles. The van der Waals surface area contributed by atoms with Crippen molar-refractivity contribution in [1.82, 2.24) is 9.88 Å². The van der Waals surface area contributed by atoms with E-state index in [0.717, 1.165) is 0 Å². The highest BCUT2D eigenvalue weighted by Gasteiger charge is 2.24. The predicted molar refractivity (Wildman–Crippen MR) is 96.2 cm³/mol. The van der Waals surface area contributed by atoms with Crippen LogP contribution in [-0.4, -0.2) is 53.7 Å². The normalized spacial score (nSPS) is 18.2. The van der Waals surface area contributed by atoms with Crippen molar-refractivity contribution in [3.8, 4) is 0 Å². The molecule has 0 radical (unpaired) electrons. The molecular formula is C17H26N2O4Si. The fraction of sp³-hybridized carbons (Fsp3) is 0.471. The van der Waals surface area contributed by atoms with Crippen molar-refractivity contribution in [1.29, 1.82) is 0 Å². The molecule has 1 aliphatic rings. The molecule has 1 unspecified atom stereocenters. The van der Waals surface area contributed by atoms with Crippen LogP contribution in [0.15, 0.2) is 30.6 Å². The van der Waals surface area contributed by atoms with Gasteiger partial charge in [0, 0.05) is 30.6 Å². The van der Waals surface area contributed by atoms with Crippen LogP contribution in [0, 0.1) is 0 Å². The van der Waals surface area contributed by atoms with Gasteiger partial charge in [0.05, 0.1) is 8.07 Å². The Labute approximate surface area is 143 Å². The van der Waals surface area contributed by atoms with Crippen LogP contribution < -0.4 is 5.19 Å². The Morgan fingerprint density at radius 1 is 1.21 bits per heavy atom. The van der Waals surface area contributed by atoms with Gasteiger partial charge < -0.3 is 10.2 Å². The van der Waals surface area contributed by atoms with Crippen LogP contribution in [0.1, 0.15) is 24.4 Å². The summed E-state index contributed by atoms with van der Waals surface area (Å²) in [4.78, 5) is 26.0. The fourth-order valence-corrected chi connectivity index (χ4v) is 3.59. The SMILES string of the molecule is CN1CCCC1c1cncc([Si](C)(C)C)c1.O=C(O)/C=C/C(=O)O. The Morgan fingerprint density at radius 2 is 1.79 bits per heavy atom. The quantitative estimate of drug-likeness (QED) is 0.638. The third-order valence-electron chi connectivity index (χ3n) is 3.90. The molecular weight excluding hydrogens is 324 g/mol. The lowest BCUT2D eigenvalue weighted by Crippen LogP contribution is -2.38. The lowest BCUT2D eigenvalue weighted by molar-refractivity contribution is -0.134. The van der Waals surface area contributed by atoms with Gasteiger partial charge in [0.1, 0.15) is 0 Å². The number of pyridine rings is 1. The molecule has 7 heteroatoms. The molecule has 132 valence electrons. The second kappa shape index (κ2) is 8.75. The predicted octanol–water partition coefficient (Wildman–Crippen LogP) is 2.11. The standard InChI is InChI=1S/C13H22N2Si.C4H4O4/c1-15-7-5-6-13(15)11-8-12(10-14-9-11)16(2,3)4;5-3(6)1-2-4(7)8/h8-10,13H,5-7H2,1-4H3;1-2H,(H,5,6)(H,7,8)/b;2-1+. The number of carboxylic acid groups (broad SMARTS) is 2. The number of rotatable bonds is 4. The highest BCUT2D eigenvalue weighted by Crippen LogP contribution is 2.29. The second-order valence-corrected chi connectivity index (χ2v) is 12.0. The molecule has 24 heavy (non-hydrogen) atoms. The van der Waals surface area contributed by atoms with Crippen LogP contribution >= 0.6 is 0 Å². The van der Waals surface area contributed by atoms with Gasteiger partial charge in [0.15, 0.2) is 0 Å². The highest BCUT2D eigenvalue weighted by atomic mass is 28.3. The van der Waals surface area contributed by atoms with Crippen LogP contribution in [0.3, 0.4) is 0 Å². The van der Waals surface area contributed by atoms with E-state index in [1.165, 1.54) is 30.1 Å². The number of likely N-dealkylation sites (tertiary alicyclic amines) is 1. The average molecular weight is 350 g/mol. The summed E-state index contributed by atoms with van der Waals surface area (Å²) in [7, 11) is 1.00. The Kier molecular flexibility index (Phi) is 7.31. The smallest absolute Gasteiger partial charge is 0.328 e. The summed E-state index contributed by atoms with van der Waals surface area (Å²) in [6.07, 6.45) is 7.83. The van der Waals surface area contributed by atoms with E-state index in [0.29, 0.717) is 18.2 Å². The number of aromatic nitrogens is 1. The van der Waals surface area contributed by atoms with Crippen molar-refractivity contribution in [3.63, 3.8) is 0 Å². The fourth-order valence-electron chi connectivity index (χ4n) is 2.52. The monoisotopic (exact) mass is 350 g/mol. The maximum Gasteiger partial charge on any atom is 0.328 e. The maximum absolute atomic E-state index is 9.55. The zero-order valence-corrected chi connectivity index (χ0v) is 15.7. The third-order valence-corrected chi connectivity index (χ3v) is 5.90. The van der Waals surface area contributed by atoms with Crippen LogP contribution in [0.25, 0.3) is 0 Å². The van der Waals surface area contributed by atoms with E-state index >= 15 is 0 Å². The van der Waals surface area contributed by atoms with Crippen molar-refractivity contribution < 1.29 is 19.8 Å². The van der Waals surface area contributed by atoms with E-state index in [4.69, 9.17) is 10.2 Å². The number of aliphatic carboxylic acids is 2. The molecule has 1 atom stereocenters. The summed E-state index contributed by atoms with van der Waals surface area (Å²) >= 11 is 0. The van der Waals surface area contributed by atoms with Crippen molar-refractivity contribution in [2.45, 2.75) is 38.5 Å². The van der Waals surface area contributed by atoms with Crippen molar-refractivity contribution >= 4 is 25.2 Å². The molecule has 1 aromatic rings. The lowest BCUT2D eigenvalue weighted by atomic mass is 10.1. The average Bonchev–Trinajstić information content (AvgIpc) is 2.91. The highest BCUT2D eigenvalue weighted by molar-refractivity contribution is 6.88. The first kappa shape index (κ1) is 20.1. The minimum Gasteiger partial charge on any atom is -0.478 e. The molecule has 0 spiro atoms. The summed E-state index contributed by atoms with van der Waals surface area (Å²) in [6, 6.07) is 3.00. The summed E-state index contributed by atoms with van der Waals surface area (Å²) in [5.74, 6) is -2.51. The molecule has 0 saturated carbocycles. The van der Waals surface area contributed by atoms with Crippen LogP contribution in [0.5, 0.6) is 0 Å². The van der Waals surface area contributed by atoms with E-state index in [2.05, 4.69) is 55.0 Å². The molecule has 2 N–H and O–H groups in total.